The summed E-state index contributed by atoms with van der Waals surface area (Å²) in [6.07, 6.45) is 1.66. The number of para-hydroxylation sites is 1. The fraction of sp³-hybridized carbons (Fsp3) is 0.200. The van der Waals surface area contributed by atoms with Crippen molar-refractivity contribution in [2.45, 2.75) is 6.92 Å². The molecule has 1 aromatic heterocycles. The molecule has 0 amide bonds. The van der Waals surface area contributed by atoms with E-state index in [1.807, 2.05) is 36.7 Å². The van der Waals surface area contributed by atoms with Crippen molar-refractivity contribution in [2.24, 2.45) is 17.3 Å². The Labute approximate surface area is 96.3 Å². The number of aromatic nitrogens is 1. The van der Waals surface area contributed by atoms with Gasteiger partial charge in [0.15, 0.2) is 0 Å². The lowest BCUT2D eigenvalue weighted by Gasteiger charge is -1.96. The van der Waals surface area contributed by atoms with Gasteiger partial charge in [0.05, 0.1) is 15.2 Å². The summed E-state index contributed by atoms with van der Waals surface area (Å²) in [5.41, 5.74) is 1.01. The van der Waals surface area contributed by atoms with Gasteiger partial charge < -0.3 is 4.57 Å². The number of hydrogen-bond donors (Lipinski definition) is 0. The molecule has 15 heavy (non-hydrogen) atoms. The van der Waals surface area contributed by atoms with Crippen molar-refractivity contribution in [2.75, 3.05) is 0 Å². The van der Waals surface area contributed by atoms with Crippen LogP contribution in [0.4, 0.5) is 0 Å². The molecule has 1 aromatic carbocycles. The van der Waals surface area contributed by atoms with E-state index in [9.17, 15) is 0 Å². The molecule has 0 saturated carbocycles. The van der Waals surface area contributed by atoms with E-state index in [4.69, 9.17) is 11.6 Å². The van der Waals surface area contributed by atoms with Crippen molar-refractivity contribution in [3.8, 4) is 0 Å². The van der Waals surface area contributed by atoms with Crippen LogP contribution in [0.3, 0.4) is 0 Å². The standard InChI is InChI=1S/C10H10ClN3S/c1-3-12-13-10-14(2)9-7(11)5-4-6-8(9)15-10/h3-6H,1-2H3/b12-3+,13-10+. The molecule has 2 rings (SSSR count). The predicted octanol–water partition coefficient (Wildman–Crippen LogP) is 2.80. The Balaban J connectivity index is 2.81. The van der Waals surface area contributed by atoms with E-state index < -0.39 is 0 Å². The molecular formula is C10H10ClN3S. The van der Waals surface area contributed by atoms with E-state index in [0.29, 0.717) is 0 Å². The largest absolute Gasteiger partial charge is 0.317 e. The van der Waals surface area contributed by atoms with Crippen LogP contribution in [-0.4, -0.2) is 10.8 Å². The van der Waals surface area contributed by atoms with E-state index in [1.165, 1.54) is 0 Å². The Bertz CT molecular complexity index is 580. The molecule has 0 bridgehead atoms. The summed E-state index contributed by atoms with van der Waals surface area (Å²) in [5, 5.41) is 8.71. The van der Waals surface area contributed by atoms with E-state index in [-0.39, 0.29) is 0 Å². The fourth-order valence-electron chi connectivity index (χ4n) is 1.36. The second-order valence-corrected chi connectivity index (χ2v) is 4.42. The van der Waals surface area contributed by atoms with Crippen LogP contribution in [0.5, 0.6) is 0 Å². The monoisotopic (exact) mass is 239 g/mol. The van der Waals surface area contributed by atoms with Crippen molar-refractivity contribution in [1.29, 1.82) is 0 Å². The van der Waals surface area contributed by atoms with E-state index in [1.54, 1.807) is 17.6 Å². The van der Waals surface area contributed by atoms with Gasteiger partial charge >= 0.3 is 0 Å². The van der Waals surface area contributed by atoms with E-state index in [2.05, 4.69) is 10.2 Å². The van der Waals surface area contributed by atoms with Gasteiger partial charge in [-0.2, -0.15) is 5.10 Å². The van der Waals surface area contributed by atoms with Crippen molar-refractivity contribution in [3.05, 3.63) is 28.0 Å². The SMILES string of the molecule is C/C=N/N=c1/sc2cccc(Cl)c2n1C. The first-order valence-corrected chi connectivity index (χ1v) is 5.69. The highest BCUT2D eigenvalue weighted by molar-refractivity contribution is 7.16. The number of thiazole rings is 1. The van der Waals surface area contributed by atoms with Crippen LogP contribution in [0.2, 0.25) is 5.02 Å². The third kappa shape index (κ3) is 1.82. The van der Waals surface area contributed by atoms with Gasteiger partial charge in [-0.25, -0.2) is 0 Å². The number of fused-ring (bicyclic) bond motifs is 1. The van der Waals surface area contributed by atoms with Crippen molar-refractivity contribution in [1.82, 2.24) is 4.57 Å². The maximum atomic E-state index is 6.12. The average molecular weight is 240 g/mol. The molecule has 2 aromatic rings. The number of hydrogen-bond acceptors (Lipinski definition) is 3. The molecule has 0 N–H and O–H groups in total. The van der Waals surface area contributed by atoms with Gasteiger partial charge in [-0.3, -0.25) is 0 Å². The average Bonchev–Trinajstić information content (AvgIpc) is 2.54. The fourth-order valence-corrected chi connectivity index (χ4v) is 2.72. The van der Waals surface area contributed by atoms with Crippen LogP contribution < -0.4 is 4.80 Å². The molecule has 0 aliphatic rings. The molecule has 0 saturated heterocycles. The summed E-state index contributed by atoms with van der Waals surface area (Å²) in [4.78, 5) is 0.844. The lowest BCUT2D eigenvalue weighted by Crippen LogP contribution is -2.09. The van der Waals surface area contributed by atoms with Crippen molar-refractivity contribution < 1.29 is 0 Å². The Morgan fingerprint density at radius 3 is 2.93 bits per heavy atom. The highest BCUT2D eigenvalue weighted by atomic mass is 35.5. The van der Waals surface area contributed by atoms with Crippen LogP contribution in [0.25, 0.3) is 10.2 Å². The van der Waals surface area contributed by atoms with Crippen LogP contribution >= 0.6 is 22.9 Å². The van der Waals surface area contributed by atoms with Crippen molar-refractivity contribution >= 4 is 39.4 Å². The normalized spacial score (nSPS) is 13.1. The summed E-state index contributed by atoms with van der Waals surface area (Å²) in [5.74, 6) is 0. The molecule has 5 heteroatoms. The lowest BCUT2D eigenvalue weighted by molar-refractivity contribution is 0.889. The summed E-state index contributed by atoms with van der Waals surface area (Å²) in [6.45, 7) is 1.84. The number of nitrogens with zero attached hydrogens (tertiary/aromatic N) is 3. The molecule has 0 aliphatic heterocycles. The van der Waals surface area contributed by atoms with Crippen LogP contribution in [0.15, 0.2) is 28.4 Å². The molecule has 0 unspecified atom stereocenters. The second-order valence-electron chi connectivity index (χ2n) is 3.00. The molecule has 0 radical (unpaired) electrons. The number of benzene rings is 1. The third-order valence-electron chi connectivity index (χ3n) is 2.03. The number of halogens is 1. The van der Waals surface area contributed by atoms with Gasteiger partial charge in [0, 0.05) is 13.3 Å². The maximum absolute atomic E-state index is 6.12. The third-order valence-corrected chi connectivity index (χ3v) is 3.42. The highest BCUT2D eigenvalue weighted by Crippen LogP contribution is 2.24. The first kappa shape index (κ1) is 10.4. The Morgan fingerprint density at radius 1 is 1.47 bits per heavy atom. The molecule has 0 spiro atoms. The molecule has 0 atom stereocenters. The summed E-state index contributed by atoms with van der Waals surface area (Å²) < 4.78 is 3.07. The van der Waals surface area contributed by atoms with Crippen molar-refractivity contribution in [3.63, 3.8) is 0 Å². The van der Waals surface area contributed by atoms with Gasteiger partial charge in [0.1, 0.15) is 0 Å². The second kappa shape index (κ2) is 4.16. The number of rotatable bonds is 1. The minimum atomic E-state index is 0.744. The Kier molecular flexibility index (Phi) is 2.88. The number of aryl methyl sites for hydroxylation is 1. The first-order valence-electron chi connectivity index (χ1n) is 4.49. The summed E-state index contributed by atoms with van der Waals surface area (Å²) >= 11 is 7.69. The zero-order valence-electron chi connectivity index (χ0n) is 8.44. The minimum absolute atomic E-state index is 0.744. The van der Waals surface area contributed by atoms with Gasteiger partial charge in [-0.15, -0.1) is 5.10 Å². The van der Waals surface area contributed by atoms with Crippen LogP contribution in [0.1, 0.15) is 6.92 Å². The van der Waals surface area contributed by atoms with Crippen LogP contribution in [0, 0.1) is 0 Å². The van der Waals surface area contributed by atoms with E-state index in [0.717, 1.165) is 20.0 Å². The quantitative estimate of drug-likeness (QED) is 0.541. The van der Waals surface area contributed by atoms with Gasteiger partial charge in [-0.05, 0) is 19.1 Å². The molecule has 3 nitrogen and oxygen atoms in total. The van der Waals surface area contributed by atoms with Crippen LogP contribution in [-0.2, 0) is 7.05 Å². The zero-order chi connectivity index (χ0) is 10.8. The maximum Gasteiger partial charge on any atom is 0.211 e. The highest BCUT2D eigenvalue weighted by Gasteiger charge is 2.05. The lowest BCUT2D eigenvalue weighted by atomic mass is 10.3. The Morgan fingerprint density at radius 2 is 2.27 bits per heavy atom. The van der Waals surface area contributed by atoms with Gasteiger partial charge in [-0.1, -0.05) is 29.0 Å². The van der Waals surface area contributed by atoms with Gasteiger partial charge in [0.2, 0.25) is 4.80 Å². The zero-order valence-corrected chi connectivity index (χ0v) is 10.0. The van der Waals surface area contributed by atoms with Gasteiger partial charge in [0.25, 0.3) is 0 Å². The molecule has 1 heterocycles. The molecule has 0 aliphatic carbocycles. The smallest absolute Gasteiger partial charge is 0.211 e. The molecule has 0 fully saturated rings. The predicted molar refractivity (Wildman–Crippen MR) is 65.5 cm³/mol. The summed E-state index contributed by atoms with van der Waals surface area (Å²) in [6, 6.07) is 5.85. The summed E-state index contributed by atoms with van der Waals surface area (Å²) in [7, 11) is 1.94. The topological polar surface area (TPSA) is 29.6 Å². The molecular weight excluding hydrogens is 230 g/mol. The Hall–Kier alpha value is -1.13. The minimum Gasteiger partial charge on any atom is -0.317 e. The van der Waals surface area contributed by atoms with E-state index >= 15 is 0 Å². The molecule has 78 valence electrons. The first-order chi connectivity index (χ1) is 7.24.